The fourth-order valence-corrected chi connectivity index (χ4v) is 2.28. The molecule has 0 saturated heterocycles. The Balaban J connectivity index is 2.67. The van der Waals surface area contributed by atoms with E-state index in [1.807, 2.05) is 13.1 Å². The highest BCUT2D eigenvalue weighted by Crippen LogP contribution is 2.30. The molecule has 0 radical (unpaired) electrons. The molecule has 0 spiro atoms. The third-order valence-corrected chi connectivity index (χ3v) is 3.06. The molecule has 2 aromatic rings. The van der Waals surface area contributed by atoms with Gasteiger partial charge in [0.25, 0.3) is 0 Å². The van der Waals surface area contributed by atoms with Crippen molar-refractivity contribution in [3.63, 3.8) is 0 Å². The minimum Gasteiger partial charge on any atom is -0.388 e. The average molecular weight is 267 g/mol. The van der Waals surface area contributed by atoms with Gasteiger partial charge in [0.1, 0.15) is 5.82 Å². The average Bonchev–Trinajstić information content (AvgIpc) is 2.28. The Morgan fingerprint density at radius 2 is 2.06 bits per heavy atom. The van der Waals surface area contributed by atoms with Crippen molar-refractivity contribution >= 4 is 28.2 Å². The maximum Gasteiger partial charge on any atom is 0.125 e. The predicted molar refractivity (Wildman–Crippen MR) is 74.8 cm³/mol. The number of fused-ring (bicyclic) bond motifs is 1. The zero-order valence-electron chi connectivity index (χ0n) is 10.7. The largest absolute Gasteiger partial charge is 0.388 e. The van der Waals surface area contributed by atoms with Crippen LogP contribution in [0.25, 0.3) is 10.9 Å². The van der Waals surface area contributed by atoms with Gasteiger partial charge in [-0.05, 0) is 30.5 Å². The van der Waals surface area contributed by atoms with Crippen LogP contribution in [0.1, 0.15) is 19.5 Å². The molecule has 0 aliphatic carbocycles. The standard InChI is InChI=1S/C14H16ClFN2/c1-8(2)4-10-7-13(17-3)11-5-9(16)6-12(15)14(11)18-10/h5-8H,4H2,1-3H3,(H,17,18). The quantitative estimate of drug-likeness (QED) is 0.897. The van der Waals surface area contributed by atoms with Crippen LogP contribution >= 0.6 is 11.6 Å². The summed E-state index contributed by atoms with van der Waals surface area (Å²) in [6.45, 7) is 4.27. The van der Waals surface area contributed by atoms with Crippen molar-refractivity contribution in [3.05, 3.63) is 34.7 Å². The SMILES string of the molecule is CNc1cc(CC(C)C)nc2c(Cl)cc(F)cc12. The van der Waals surface area contributed by atoms with E-state index in [2.05, 4.69) is 24.1 Å². The molecule has 2 rings (SSSR count). The first-order valence-corrected chi connectivity index (χ1v) is 6.35. The molecule has 2 nitrogen and oxygen atoms in total. The van der Waals surface area contributed by atoms with Crippen molar-refractivity contribution in [2.24, 2.45) is 5.92 Å². The van der Waals surface area contributed by atoms with Gasteiger partial charge >= 0.3 is 0 Å². The highest BCUT2D eigenvalue weighted by Gasteiger charge is 2.10. The van der Waals surface area contributed by atoms with E-state index in [1.165, 1.54) is 12.1 Å². The monoisotopic (exact) mass is 266 g/mol. The van der Waals surface area contributed by atoms with Gasteiger partial charge in [0.05, 0.1) is 10.5 Å². The molecule has 0 aliphatic rings. The molecule has 0 amide bonds. The minimum atomic E-state index is -0.345. The zero-order valence-corrected chi connectivity index (χ0v) is 11.5. The lowest BCUT2D eigenvalue weighted by Gasteiger charge is -2.11. The van der Waals surface area contributed by atoms with Crippen LogP contribution < -0.4 is 5.32 Å². The van der Waals surface area contributed by atoms with E-state index in [-0.39, 0.29) is 5.82 Å². The van der Waals surface area contributed by atoms with Crippen LogP contribution in [0.3, 0.4) is 0 Å². The van der Waals surface area contributed by atoms with Crippen molar-refractivity contribution in [2.45, 2.75) is 20.3 Å². The second kappa shape index (κ2) is 5.11. The Bertz CT molecular complexity index is 582. The summed E-state index contributed by atoms with van der Waals surface area (Å²) >= 11 is 6.07. The molecular weight excluding hydrogens is 251 g/mol. The van der Waals surface area contributed by atoms with E-state index in [0.717, 1.165) is 23.2 Å². The molecule has 1 N–H and O–H groups in total. The van der Waals surface area contributed by atoms with Crippen LogP contribution in [0.15, 0.2) is 18.2 Å². The normalized spacial score (nSPS) is 11.2. The lowest BCUT2D eigenvalue weighted by molar-refractivity contribution is 0.628. The van der Waals surface area contributed by atoms with Crippen molar-refractivity contribution in [1.29, 1.82) is 0 Å². The maximum absolute atomic E-state index is 13.4. The van der Waals surface area contributed by atoms with Crippen LogP contribution in [-0.2, 0) is 6.42 Å². The Morgan fingerprint density at radius 1 is 1.33 bits per heavy atom. The van der Waals surface area contributed by atoms with Crippen molar-refractivity contribution in [1.82, 2.24) is 4.98 Å². The Hall–Kier alpha value is -1.35. The van der Waals surface area contributed by atoms with Crippen molar-refractivity contribution < 1.29 is 4.39 Å². The summed E-state index contributed by atoms with van der Waals surface area (Å²) in [6.07, 6.45) is 0.873. The van der Waals surface area contributed by atoms with Gasteiger partial charge in [-0.1, -0.05) is 25.4 Å². The smallest absolute Gasteiger partial charge is 0.125 e. The number of benzene rings is 1. The van der Waals surface area contributed by atoms with Gasteiger partial charge in [0, 0.05) is 23.8 Å². The number of nitrogens with one attached hydrogen (secondary N) is 1. The summed E-state index contributed by atoms with van der Waals surface area (Å²) in [5.74, 6) is 0.168. The number of halogens is 2. The van der Waals surface area contributed by atoms with E-state index in [9.17, 15) is 4.39 Å². The zero-order chi connectivity index (χ0) is 13.3. The summed E-state index contributed by atoms with van der Waals surface area (Å²) in [5, 5.41) is 4.14. The van der Waals surface area contributed by atoms with Crippen LogP contribution in [0.4, 0.5) is 10.1 Å². The first-order valence-electron chi connectivity index (χ1n) is 5.97. The third kappa shape index (κ3) is 2.56. The molecule has 0 unspecified atom stereocenters. The van der Waals surface area contributed by atoms with E-state index >= 15 is 0 Å². The number of hydrogen-bond acceptors (Lipinski definition) is 2. The molecule has 1 aromatic carbocycles. The number of hydrogen-bond donors (Lipinski definition) is 1. The van der Waals surface area contributed by atoms with Crippen LogP contribution in [-0.4, -0.2) is 12.0 Å². The molecule has 0 atom stereocenters. The third-order valence-electron chi connectivity index (χ3n) is 2.77. The van der Waals surface area contributed by atoms with E-state index in [0.29, 0.717) is 16.5 Å². The first-order chi connectivity index (χ1) is 8.51. The lowest BCUT2D eigenvalue weighted by Crippen LogP contribution is -2.01. The van der Waals surface area contributed by atoms with E-state index in [1.54, 1.807) is 0 Å². The number of pyridine rings is 1. The van der Waals surface area contributed by atoms with Gasteiger partial charge in [0.2, 0.25) is 0 Å². The van der Waals surface area contributed by atoms with E-state index in [4.69, 9.17) is 11.6 Å². The number of nitrogens with zero attached hydrogens (tertiary/aromatic N) is 1. The van der Waals surface area contributed by atoms with Crippen LogP contribution in [0.2, 0.25) is 5.02 Å². The van der Waals surface area contributed by atoms with Gasteiger partial charge < -0.3 is 5.32 Å². The highest BCUT2D eigenvalue weighted by molar-refractivity contribution is 6.35. The molecule has 0 fully saturated rings. The van der Waals surface area contributed by atoms with Crippen LogP contribution in [0, 0.1) is 11.7 Å². The molecule has 18 heavy (non-hydrogen) atoms. The molecule has 0 saturated carbocycles. The summed E-state index contributed by atoms with van der Waals surface area (Å²) in [5.41, 5.74) is 2.48. The molecule has 96 valence electrons. The molecule has 1 heterocycles. The van der Waals surface area contributed by atoms with Crippen molar-refractivity contribution in [3.8, 4) is 0 Å². The van der Waals surface area contributed by atoms with Gasteiger partial charge in [0.15, 0.2) is 0 Å². The molecular formula is C14H16ClFN2. The van der Waals surface area contributed by atoms with Gasteiger partial charge in [-0.25, -0.2) is 4.39 Å². The second-order valence-corrected chi connectivity index (χ2v) is 5.20. The highest BCUT2D eigenvalue weighted by atomic mass is 35.5. The van der Waals surface area contributed by atoms with Crippen molar-refractivity contribution in [2.75, 3.05) is 12.4 Å². The Morgan fingerprint density at radius 3 is 2.67 bits per heavy atom. The summed E-state index contributed by atoms with van der Waals surface area (Å²) in [4.78, 5) is 4.53. The Labute approximate surface area is 111 Å². The Kier molecular flexibility index (Phi) is 3.71. The molecule has 4 heteroatoms. The topological polar surface area (TPSA) is 24.9 Å². The van der Waals surface area contributed by atoms with Gasteiger partial charge in [-0.15, -0.1) is 0 Å². The number of anilines is 1. The maximum atomic E-state index is 13.4. The molecule has 0 aliphatic heterocycles. The van der Waals surface area contributed by atoms with Crippen LogP contribution in [0.5, 0.6) is 0 Å². The minimum absolute atomic E-state index is 0.345. The fourth-order valence-electron chi connectivity index (χ4n) is 2.03. The van der Waals surface area contributed by atoms with E-state index < -0.39 is 0 Å². The summed E-state index contributed by atoms with van der Waals surface area (Å²) in [7, 11) is 1.81. The fraction of sp³-hybridized carbons (Fsp3) is 0.357. The first kappa shape index (κ1) is 13.1. The summed E-state index contributed by atoms with van der Waals surface area (Å²) in [6, 6.07) is 4.72. The van der Waals surface area contributed by atoms with Gasteiger partial charge in [-0.3, -0.25) is 4.98 Å². The predicted octanol–water partition coefficient (Wildman–Crippen LogP) is 4.27. The van der Waals surface area contributed by atoms with Gasteiger partial charge in [-0.2, -0.15) is 0 Å². The lowest BCUT2D eigenvalue weighted by atomic mass is 10.1. The number of aromatic nitrogens is 1. The molecule has 0 bridgehead atoms. The summed E-state index contributed by atoms with van der Waals surface area (Å²) < 4.78 is 13.4. The number of rotatable bonds is 3. The molecule has 1 aromatic heterocycles. The second-order valence-electron chi connectivity index (χ2n) is 4.79.